The summed E-state index contributed by atoms with van der Waals surface area (Å²) in [5.74, 6) is 1.89. The van der Waals surface area contributed by atoms with Crippen molar-refractivity contribution in [3.8, 4) is 17.1 Å². The smallest absolute Gasteiger partial charge is 0.168 e. The summed E-state index contributed by atoms with van der Waals surface area (Å²) in [5.41, 5.74) is 3.25. The fraction of sp³-hybridized carbons (Fsp3) is 0.125. The second kappa shape index (κ2) is 5.47. The van der Waals surface area contributed by atoms with Gasteiger partial charge in [0.1, 0.15) is 0 Å². The van der Waals surface area contributed by atoms with E-state index in [-0.39, 0.29) is 0 Å². The summed E-state index contributed by atoms with van der Waals surface area (Å²) in [6.45, 7) is 2.07. The summed E-state index contributed by atoms with van der Waals surface area (Å²) in [5, 5.41) is 8.51. The van der Waals surface area contributed by atoms with Crippen LogP contribution in [0.25, 0.3) is 17.1 Å². The number of halogens is 1. The van der Waals surface area contributed by atoms with Crippen LogP contribution in [0.1, 0.15) is 11.4 Å². The summed E-state index contributed by atoms with van der Waals surface area (Å²) in [6.07, 6.45) is 0. The first-order valence-electron chi connectivity index (χ1n) is 6.43. The lowest BCUT2D eigenvalue weighted by atomic mass is 10.1. The molecule has 0 bridgehead atoms. The van der Waals surface area contributed by atoms with E-state index >= 15 is 0 Å². The molecule has 0 fully saturated rings. The number of aromatic nitrogens is 3. The number of para-hydroxylation sites is 1. The molecular weight excluding hydrogens is 270 g/mol. The van der Waals surface area contributed by atoms with Gasteiger partial charge in [-0.05, 0) is 18.6 Å². The topological polar surface area (TPSA) is 30.7 Å². The van der Waals surface area contributed by atoms with E-state index < -0.39 is 0 Å². The Kier molecular flexibility index (Phi) is 3.52. The molecule has 100 valence electrons. The standard InChI is InChI=1S/C16H14ClN3/c1-12-7-5-6-10-14(12)20-15(11-17)18-19-16(20)13-8-3-2-4-9-13/h2-10H,11H2,1H3. The fourth-order valence-electron chi connectivity index (χ4n) is 2.24. The van der Waals surface area contributed by atoms with E-state index in [0.717, 1.165) is 28.5 Å². The molecule has 20 heavy (non-hydrogen) atoms. The lowest BCUT2D eigenvalue weighted by Crippen LogP contribution is -2.03. The van der Waals surface area contributed by atoms with Crippen LogP contribution in [0.2, 0.25) is 0 Å². The predicted octanol–water partition coefficient (Wildman–Crippen LogP) is 3.98. The minimum Gasteiger partial charge on any atom is -0.278 e. The molecule has 0 unspecified atom stereocenters. The van der Waals surface area contributed by atoms with Gasteiger partial charge >= 0.3 is 0 Å². The molecule has 0 amide bonds. The van der Waals surface area contributed by atoms with Crippen LogP contribution in [0.15, 0.2) is 54.6 Å². The highest BCUT2D eigenvalue weighted by molar-refractivity contribution is 6.16. The van der Waals surface area contributed by atoms with E-state index in [1.807, 2.05) is 47.0 Å². The Labute approximate surface area is 122 Å². The quantitative estimate of drug-likeness (QED) is 0.681. The number of benzene rings is 2. The number of hydrogen-bond donors (Lipinski definition) is 0. The van der Waals surface area contributed by atoms with Gasteiger partial charge in [-0.15, -0.1) is 21.8 Å². The zero-order chi connectivity index (χ0) is 13.9. The van der Waals surface area contributed by atoms with E-state index in [2.05, 4.69) is 29.3 Å². The number of aryl methyl sites for hydroxylation is 1. The SMILES string of the molecule is Cc1ccccc1-n1c(CCl)nnc1-c1ccccc1. The summed E-state index contributed by atoms with van der Waals surface area (Å²) in [6, 6.07) is 18.2. The molecule has 1 aromatic heterocycles. The number of rotatable bonds is 3. The van der Waals surface area contributed by atoms with E-state index in [1.165, 1.54) is 0 Å². The molecule has 0 saturated heterocycles. The third-order valence-corrected chi connectivity index (χ3v) is 3.48. The normalized spacial score (nSPS) is 10.7. The van der Waals surface area contributed by atoms with Crippen molar-refractivity contribution in [1.82, 2.24) is 14.8 Å². The Morgan fingerprint density at radius 1 is 0.950 bits per heavy atom. The van der Waals surface area contributed by atoms with Gasteiger partial charge in [0, 0.05) is 5.56 Å². The van der Waals surface area contributed by atoms with E-state index in [9.17, 15) is 0 Å². The molecule has 0 spiro atoms. The van der Waals surface area contributed by atoms with Crippen molar-refractivity contribution in [2.45, 2.75) is 12.8 Å². The van der Waals surface area contributed by atoms with Crippen molar-refractivity contribution in [3.63, 3.8) is 0 Å². The lowest BCUT2D eigenvalue weighted by Gasteiger charge is -2.12. The maximum Gasteiger partial charge on any atom is 0.168 e. The van der Waals surface area contributed by atoms with Gasteiger partial charge in [-0.3, -0.25) is 4.57 Å². The number of hydrogen-bond acceptors (Lipinski definition) is 2. The van der Waals surface area contributed by atoms with Gasteiger partial charge in [0.25, 0.3) is 0 Å². The highest BCUT2D eigenvalue weighted by Gasteiger charge is 2.15. The summed E-state index contributed by atoms with van der Waals surface area (Å²) in [4.78, 5) is 0. The van der Waals surface area contributed by atoms with Gasteiger partial charge in [-0.2, -0.15) is 0 Å². The van der Waals surface area contributed by atoms with Crippen LogP contribution in [-0.2, 0) is 5.88 Å². The Balaban J connectivity index is 2.24. The summed E-state index contributed by atoms with van der Waals surface area (Å²) < 4.78 is 2.03. The lowest BCUT2D eigenvalue weighted by molar-refractivity contribution is 0.946. The second-order valence-corrected chi connectivity index (χ2v) is 4.83. The maximum absolute atomic E-state index is 6.01. The van der Waals surface area contributed by atoms with Crippen LogP contribution >= 0.6 is 11.6 Å². The second-order valence-electron chi connectivity index (χ2n) is 4.56. The number of alkyl halides is 1. The van der Waals surface area contributed by atoms with Crippen molar-refractivity contribution in [1.29, 1.82) is 0 Å². The van der Waals surface area contributed by atoms with E-state index in [1.54, 1.807) is 0 Å². The largest absolute Gasteiger partial charge is 0.278 e. The Morgan fingerprint density at radius 3 is 2.35 bits per heavy atom. The average molecular weight is 284 g/mol. The first kappa shape index (κ1) is 12.9. The summed E-state index contributed by atoms with van der Waals surface area (Å²) >= 11 is 6.01. The van der Waals surface area contributed by atoms with Gasteiger partial charge in [0.2, 0.25) is 0 Å². The Hall–Kier alpha value is -2.13. The van der Waals surface area contributed by atoms with Crippen LogP contribution in [0, 0.1) is 6.92 Å². The van der Waals surface area contributed by atoms with Gasteiger partial charge < -0.3 is 0 Å². The third kappa shape index (κ3) is 2.21. The first-order chi connectivity index (χ1) is 9.81. The Bertz CT molecular complexity index is 720. The predicted molar refractivity (Wildman–Crippen MR) is 81.1 cm³/mol. The van der Waals surface area contributed by atoms with Crippen molar-refractivity contribution < 1.29 is 0 Å². The molecular formula is C16H14ClN3. The minimum atomic E-state index is 0.328. The first-order valence-corrected chi connectivity index (χ1v) is 6.96. The van der Waals surface area contributed by atoms with Gasteiger partial charge in [-0.1, -0.05) is 48.5 Å². The van der Waals surface area contributed by atoms with Crippen molar-refractivity contribution in [2.24, 2.45) is 0 Å². The molecule has 0 aliphatic carbocycles. The van der Waals surface area contributed by atoms with Crippen LogP contribution in [0.4, 0.5) is 0 Å². The highest BCUT2D eigenvalue weighted by Crippen LogP contribution is 2.25. The molecule has 0 atom stereocenters. The van der Waals surface area contributed by atoms with Crippen LogP contribution in [0.3, 0.4) is 0 Å². The maximum atomic E-state index is 6.01. The molecule has 3 aromatic rings. The van der Waals surface area contributed by atoms with Gasteiger partial charge in [0.05, 0.1) is 11.6 Å². The van der Waals surface area contributed by atoms with E-state index in [4.69, 9.17) is 11.6 Å². The molecule has 4 heteroatoms. The third-order valence-electron chi connectivity index (χ3n) is 3.24. The highest BCUT2D eigenvalue weighted by atomic mass is 35.5. The molecule has 0 N–H and O–H groups in total. The molecule has 1 heterocycles. The minimum absolute atomic E-state index is 0.328. The van der Waals surface area contributed by atoms with Gasteiger partial charge in [0.15, 0.2) is 11.6 Å². The van der Waals surface area contributed by atoms with E-state index in [0.29, 0.717) is 5.88 Å². The molecule has 3 rings (SSSR count). The zero-order valence-corrected chi connectivity index (χ0v) is 11.9. The molecule has 3 nitrogen and oxygen atoms in total. The van der Waals surface area contributed by atoms with Crippen LogP contribution in [0.5, 0.6) is 0 Å². The van der Waals surface area contributed by atoms with Gasteiger partial charge in [-0.25, -0.2) is 0 Å². The molecule has 0 saturated carbocycles. The van der Waals surface area contributed by atoms with Crippen molar-refractivity contribution in [2.75, 3.05) is 0 Å². The fourth-order valence-corrected chi connectivity index (χ4v) is 2.42. The van der Waals surface area contributed by atoms with Crippen LogP contribution in [-0.4, -0.2) is 14.8 Å². The Morgan fingerprint density at radius 2 is 1.65 bits per heavy atom. The molecule has 2 aromatic carbocycles. The number of nitrogens with zero attached hydrogens (tertiary/aromatic N) is 3. The molecule has 0 radical (unpaired) electrons. The van der Waals surface area contributed by atoms with Crippen molar-refractivity contribution >= 4 is 11.6 Å². The molecule has 0 aliphatic rings. The monoisotopic (exact) mass is 283 g/mol. The zero-order valence-electron chi connectivity index (χ0n) is 11.1. The molecule has 0 aliphatic heterocycles. The average Bonchev–Trinajstić information content (AvgIpc) is 2.92. The summed E-state index contributed by atoms with van der Waals surface area (Å²) in [7, 11) is 0. The van der Waals surface area contributed by atoms with Crippen LogP contribution < -0.4 is 0 Å². The van der Waals surface area contributed by atoms with Crippen molar-refractivity contribution in [3.05, 3.63) is 66.0 Å².